The molecule has 0 spiro atoms. The van der Waals surface area contributed by atoms with E-state index in [9.17, 15) is 14.7 Å². The molecular formula is C13H10O6. The zero-order chi connectivity index (χ0) is 13.6. The predicted octanol–water partition coefficient (Wildman–Crippen LogP) is 1.41. The molecule has 1 N–H and O–H groups in total. The minimum absolute atomic E-state index is 0.0381. The second-order valence-electron chi connectivity index (χ2n) is 4.22. The molecule has 2 aliphatic heterocycles. The molecule has 2 heterocycles. The van der Waals surface area contributed by atoms with Crippen LogP contribution >= 0.6 is 0 Å². The van der Waals surface area contributed by atoms with Gasteiger partial charge in [0.15, 0.2) is 23.4 Å². The first kappa shape index (κ1) is 11.6. The Bertz CT molecular complexity index is 616. The predicted molar refractivity (Wildman–Crippen MR) is 61.7 cm³/mol. The normalized spacial score (nSPS) is 20.7. The van der Waals surface area contributed by atoms with E-state index in [0.717, 1.165) is 0 Å². The molecule has 0 bridgehead atoms. The number of ether oxygens (including phenoxy) is 3. The molecule has 0 saturated heterocycles. The minimum atomic E-state index is -0.903. The third-order valence-corrected chi connectivity index (χ3v) is 3.01. The molecule has 0 radical (unpaired) electrons. The highest BCUT2D eigenvalue weighted by Crippen LogP contribution is 2.40. The number of Topliss-reactive ketones (excluding diaryl/α,β-unsaturated/α-hetero) is 1. The van der Waals surface area contributed by atoms with Gasteiger partial charge in [-0.3, -0.25) is 4.79 Å². The number of benzene rings is 1. The molecule has 98 valence electrons. The van der Waals surface area contributed by atoms with Crippen molar-refractivity contribution < 1.29 is 28.9 Å². The summed E-state index contributed by atoms with van der Waals surface area (Å²) >= 11 is 0. The van der Waals surface area contributed by atoms with E-state index in [4.69, 9.17) is 14.2 Å². The van der Waals surface area contributed by atoms with Gasteiger partial charge < -0.3 is 19.3 Å². The molecule has 1 aromatic carbocycles. The monoisotopic (exact) mass is 262 g/mol. The second-order valence-corrected chi connectivity index (χ2v) is 4.22. The highest BCUT2D eigenvalue weighted by Gasteiger charge is 2.38. The van der Waals surface area contributed by atoms with Crippen LogP contribution in [0, 0.1) is 0 Å². The van der Waals surface area contributed by atoms with Gasteiger partial charge in [0.1, 0.15) is 0 Å². The van der Waals surface area contributed by atoms with Gasteiger partial charge in [0.2, 0.25) is 12.6 Å². The topological polar surface area (TPSA) is 82.1 Å². The Hall–Kier alpha value is -2.50. The highest BCUT2D eigenvalue weighted by atomic mass is 16.7. The number of hydrogen-bond donors (Lipinski definition) is 1. The molecular weight excluding hydrogens is 252 g/mol. The van der Waals surface area contributed by atoms with Crippen LogP contribution < -0.4 is 9.47 Å². The minimum Gasteiger partial charge on any atom is -0.501 e. The van der Waals surface area contributed by atoms with Crippen molar-refractivity contribution in [1.29, 1.82) is 0 Å². The number of ketones is 1. The lowest BCUT2D eigenvalue weighted by atomic mass is 9.99. The number of cyclic esters (lactones) is 1. The molecule has 0 fully saturated rings. The first-order valence-corrected chi connectivity index (χ1v) is 5.62. The summed E-state index contributed by atoms with van der Waals surface area (Å²) < 4.78 is 15.4. The zero-order valence-corrected chi connectivity index (χ0v) is 10.0. The Balaban J connectivity index is 2.03. The molecule has 6 nitrogen and oxygen atoms in total. The fourth-order valence-corrected chi connectivity index (χ4v) is 2.12. The first-order valence-electron chi connectivity index (χ1n) is 5.62. The summed E-state index contributed by atoms with van der Waals surface area (Å²) in [5, 5.41) is 9.58. The molecule has 1 unspecified atom stereocenters. The fraction of sp³-hybridized carbons (Fsp3) is 0.231. The summed E-state index contributed by atoms with van der Waals surface area (Å²) in [5.74, 6) is -0.831. The van der Waals surface area contributed by atoms with E-state index in [-0.39, 0.29) is 12.4 Å². The van der Waals surface area contributed by atoms with Gasteiger partial charge >= 0.3 is 5.97 Å². The van der Waals surface area contributed by atoms with Crippen molar-refractivity contribution in [2.24, 2.45) is 0 Å². The van der Waals surface area contributed by atoms with Gasteiger partial charge in [-0.15, -0.1) is 0 Å². The van der Waals surface area contributed by atoms with Gasteiger partial charge in [0.25, 0.3) is 0 Å². The molecule has 0 saturated carbocycles. The number of esters is 1. The summed E-state index contributed by atoms with van der Waals surface area (Å²) in [4.78, 5) is 22.9. The van der Waals surface area contributed by atoms with Crippen LogP contribution in [-0.4, -0.2) is 23.7 Å². The molecule has 1 atom stereocenters. The van der Waals surface area contributed by atoms with Gasteiger partial charge in [-0.1, -0.05) is 6.07 Å². The SMILES string of the molecule is CC(=O)C1=C(O)C(=O)OC1c1ccc2c(c1)OCO2. The van der Waals surface area contributed by atoms with Crippen molar-refractivity contribution >= 4 is 11.8 Å². The van der Waals surface area contributed by atoms with E-state index in [1.54, 1.807) is 18.2 Å². The van der Waals surface area contributed by atoms with Crippen molar-refractivity contribution in [3.8, 4) is 11.5 Å². The van der Waals surface area contributed by atoms with Crippen LogP contribution in [0.3, 0.4) is 0 Å². The maximum Gasteiger partial charge on any atom is 0.374 e. The first-order chi connectivity index (χ1) is 9.08. The second kappa shape index (κ2) is 4.01. The third-order valence-electron chi connectivity index (χ3n) is 3.01. The molecule has 3 rings (SSSR count). The smallest absolute Gasteiger partial charge is 0.374 e. The lowest BCUT2D eigenvalue weighted by molar-refractivity contribution is -0.142. The van der Waals surface area contributed by atoms with Crippen LogP contribution in [0.2, 0.25) is 0 Å². The summed E-state index contributed by atoms with van der Waals surface area (Å²) in [7, 11) is 0. The van der Waals surface area contributed by atoms with Crippen LogP contribution in [0.5, 0.6) is 11.5 Å². The van der Waals surface area contributed by atoms with Crippen molar-refractivity contribution in [3.05, 3.63) is 35.1 Å². The molecule has 6 heteroatoms. The molecule has 0 aromatic heterocycles. The van der Waals surface area contributed by atoms with E-state index in [1.165, 1.54) is 6.92 Å². The van der Waals surface area contributed by atoms with Gasteiger partial charge in [-0.25, -0.2) is 4.79 Å². The molecule has 0 aliphatic carbocycles. The Morgan fingerprint density at radius 3 is 2.79 bits per heavy atom. The van der Waals surface area contributed by atoms with Crippen LogP contribution in [0.25, 0.3) is 0 Å². The third kappa shape index (κ3) is 1.72. The number of hydrogen-bond acceptors (Lipinski definition) is 6. The summed E-state index contributed by atoms with van der Waals surface area (Å²) in [6.07, 6.45) is -0.903. The lowest BCUT2D eigenvalue weighted by Gasteiger charge is -2.12. The average molecular weight is 262 g/mol. The van der Waals surface area contributed by atoms with Gasteiger partial charge in [-0.05, 0) is 19.1 Å². The summed E-state index contributed by atoms with van der Waals surface area (Å²) in [5.41, 5.74) is 0.510. The molecule has 19 heavy (non-hydrogen) atoms. The number of aliphatic hydroxyl groups is 1. The van der Waals surface area contributed by atoms with Crippen LogP contribution in [0.4, 0.5) is 0 Å². The zero-order valence-electron chi connectivity index (χ0n) is 10.0. The lowest BCUT2D eigenvalue weighted by Crippen LogP contribution is -2.08. The van der Waals surface area contributed by atoms with E-state index < -0.39 is 23.6 Å². The Morgan fingerprint density at radius 2 is 2.05 bits per heavy atom. The highest BCUT2D eigenvalue weighted by molar-refractivity contribution is 6.05. The maximum absolute atomic E-state index is 11.5. The number of fused-ring (bicyclic) bond motifs is 1. The van der Waals surface area contributed by atoms with E-state index >= 15 is 0 Å². The van der Waals surface area contributed by atoms with Crippen LogP contribution in [-0.2, 0) is 14.3 Å². The van der Waals surface area contributed by atoms with Crippen molar-refractivity contribution in [3.63, 3.8) is 0 Å². The van der Waals surface area contributed by atoms with Gasteiger partial charge in [-0.2, -0.15) is 0 Å². The van der Waals surface area contributed by atoms with E-state index in [0.29, 0.717) is 17.1 Å². The Labute approximate surface area is 108 Å². The number of aliphatic hydroxyl groups excluding tert-OH is 1. The van der Waals surface area contributed by atoms with Crippen molar-refractivity contribution in [2.45, 2.75) is 13.0 Å². The summed E-state index contributed by atoms with van der Waals surface area (Å²) in [6.45, 7) is 1.40. The maximum atomic E-state index is 11.5. The van der Waals surface area contributed by atoms with Gasteiger partial charge in [0.05, 0.1) is 5.57 Å². The Kier molecular flexibility index (Phi) is 2.45. The Morgan fingerprint density at radius 1 is 1.32 bits per heavy atom. The average Bonchev–Trinajstić information content (AvgIpc) is 2.94. The molecule has 0 amide bonds. The standard InChI is InChI=1S/C13H10O6/c1-6(14)10-11(15)13(16)19-12(10)7-2-3-8-9(4-7)18-5-17-8/h2-4,12,15H,5H2,1H3. The van der Waals surface area contributed by atoms with E-state index in [2.05, 4.69) is 0 Å². The largest absolute Gasteiger partial charge is 0.501 e. The van der Waals surface area contributed by atoms with Crippen molar-refractivity contribution in [1.82, 2.24) is 0 Å². The quantitative estimate of drug-likeness (QED) is 0.811. The van der Waals surface area contributed by atoms with Crippen molar-refractivity contribution in [2.75, 3.05) is 6.79 Å². The van der Waals surface area contributed by atoms with E-state index in [1.807, 2.05) is 0 Å². The molecule has 2 aliphatic rings. The number of carbonyl (C=O) groups excluding carboxylic acids is 2. The number of carbonyl (C=O) groups is 2. The van der Waals surface area contributed by atoms with Crippen LogP contribution in [0.15, 0.2) is 29.5 Å². The van der Waals surface area contributed by atoms with Crippen LogP contribution in [0.1, 0.15) is 18.6 Å². The fourth-order valence-electron chi connectivity index (χ4n) is 2.12. The molecule has 1 aromatic rings. The van der Waals surface area contributed by atoms with Gasteiger partial charge in [0, 0.05) is 5.56 Å². The summed E-state index contributed by atoms with van der Waals surface area (Å²) in [6, 6.07) is 4.95. The number of rotatable bonds is 2.